The molecule has 6 rings (SSSR count). The van der Waals surface area contributed by atoms with Gasteiger partial charge in [-0.15, -0.1) is 0 Å². The lowest BCUT2D eigenvalue weighted by Crippen LogP contribution is -2.72. The van der Waals surface area contributed by atoms with Gasteiger partial charge in [0.2, 0.25) is 0 Å². The van der Waals surface area contributed by atoms with Crippen LogP contribution in [0.25, 0.3) is 0 Å². The van der Waals surface area contributed by atoms with Gasteiger partial charge < -0.3 is 54.7 Å². The Labute approximate surface area is 226 Å². The molecule has 4 aliphatic carbocycles. The van der Waals surface area contributed by atoms with Crippen molar-refractivity contribution in [3.8, 4) is 0 Å². The van der Waals surface area contributed by atoms with Crippen molar-refractivity contribution < 1.29 is 59.5 Å². The Morgan fingerprint density at radius 2 is 1.46 bits per heavy atom. The van der Waals surface area contributed by atoms with E-state index in [4.69, 9.17) is 18.9 Å². The highest BCUT2D eigenvalue weighted by Crippen LogP contribution is 2.86. The van der Waals surface area contributed by atoms with Gasteiger partial charge in [-0.25, -0.2) is 0 Å². The first-order chi connectivity index (χ1) is 18.4. The highest BCUT2D eigenvalue weighted by Gasteiger charge is 2.83. The molecule has 2 heterocycles. The lowest BCUT2D eigenvalue weighted by atomic mass is 9.32. The van der Waals surface area contributed by atoms with Crippen LogP contribution in [0.15, 0.2) is 0 Å². The normalized spacial score (nSPS) is 60.2. The zero-order valence-electron chi connectivity index (χ0n) is 22.5. The molecule has 39 heavy (non-hydrogen) atoms. The van der Waals surface area contributed by atoms with Crippen LogP contribution in [-0.4, -0.2) is 122 Å². The topological polar surface area (TPSA) is 196 Å². The fraction of sp³-hybridized carbons (Fsp3) is 0.963. The summed E-state index contributed by atoms with van der Waals surface area (Å²) in [4.78, 5) is 13.9. The molecule has 12 heteroatoms. The van der Waals surface area contributed by atoms with Gasteiger partial charge >= 0.3 is 0 Å². The molecule has 0 aromatic rings. The van der Waals surface area contributed by atoms with Crippen molar-refractivity contribution in [2.45, 2.75) is 114 Å². The molecule has 0 radical (unpaired) electrons. The molecule has 0 unspecified atom stereocenters. The second-order valence-corrected chi connectivity index (χ2v) is 13.2. The minimum atomic E-state index is -1.76. The molecule has 0 amide bonds. The quantitative estimate of drug-likeness (QED) is 0.178. The summed E-state index contributed by atoms with van der Waals surface area (Å²) in [5.74, 6) is 0.215. The summed E-state index contributed by atoms with van der Waals surface area (Å²) in [6.45, 7) is 5.29. The van der Waals surface area contributed by atoms with Crippen LogP contribution >= 0.6 is 0 Å². The van der Waals surface area contributed by atoms with Gasteiger partial charge in [0.15, 0.2) is 18.4 Å². The van der Waals surface area contributed by atoms with Crippen LogP contribution in [-0.2, 0) is 23.7 Å². The van der Waals surface area contributed by atoms with E-state index in [0.29, 0.717) is 5.92 Å². The predicted octanol–water partition coefficient (Wildman–Crippen LogP) is -1.95. The van der Waals surface area contributed by atoms with Crippen molar-refractivity contribution >= 4 is 5.78 Å². The average molecular weight is 559 g/mol. The molecule has 7 N–H and O–H groups in total. The number of Topliss-reactive ketones (excluding diaryl/α,β-unsaturated/α-hetero) is 1. The predicted molar refractivity (Wildman–Crippen MR) is 130 cm³/mol. The number of carbonyl (C=O) groups excluding carboxylic acids is 1. The highest BCUT2D eigenvalue weighted by molar-refractivity contribution is 5.89. The fourth-order valence-electron chi connectivity index (χ4n) is 9.69. The van der Waals surface area contributed by atoms with E-state index in [9.17, 15) is 40.5 Å². The Bertz CT molecular complexity index is 978. The number of aliphatic hydroxyl groups excluding tert-OH is 7. The van der Waals surface area contributed by atoms with Crippen LogP contribution in [0, 0.1) is 34.0 Å². The van der Waals surface area contributed by atoms with E-state index in [1.807, 2.05) is 6.92 Å². The number of hydrogen-bond acceptors (Lipinski definition) is 12. The SMILES string of the molecule is C[C@@H]1[C@@H](O[C@@H]2O[C@H](CO)[C@@H](O)[C@H](O)[C@H]2O[C@@H]2O[C@H](CO)[C@@H](O)[C@H](O)[C@H]2O)C(=O)[C@H]2C[C@@]3(C)[C@@H]4CC[C@@]1(C4)[C@@]23C. The molecule has 6 aliphatic rings. The first-order valence-corrected chi connectivity index (χ1v) is 14.1. The summed E-state index contributed by atoms with van der Waals surface area (Å²) in [5.41, 5.74) is -0.0594. The zero-order chi connectivity index (χ0) is 28.2. The maximum absolute atomic E-state index is 13.9. The summed E-state index contributed by atoms with van der Waals surface area (Å²) in [6.07, 6.45) is -12.4. The molecule has 17 atom stereocenters. The first kappa shape index (κ1) is 28.4. The lowest BCUT2D eigenvalue weighted by molar-refractivity contribution is -0.375. The monoisotopic (exact) mass is 558 g/mol. The summed E-state index contributed by atoms with van der Waals surface area (Å²) in [6, 6.07) is 0. The molecule has 1 spiro atoms. The van der Waals surface area contributed by atoms with E-state index in [1.165, 1.54) is 0 Å². The van der Waals surface area contributed by atoms with Gasteiger partial charge in [-0.1, -0.05) is 20.8 Å². The molecule has 12 nitrogen and oxygen atoms in total. The lowest BCUT2D eigenvalue weighted by Gasteiger charge is -2.71. The number of ether oxygens (including phenoxy) is 4. The van der Waals surface area contributed by atoms with Crippen LogP contribution < -0.4 is 0 Å². The number of hydrogen-bond donors (Lipinski definition) is 7. The average Bonchev–Trinajstić information content (AvgIpc) is 3.43. The maximum atomic E-state index is 13.9. The number of ketones is 1. The third-order valence-corrected chi connectivity index (χ3v) is 12.2. The molecule has 2 bridgehead atoms. The third kappa shape index (κ3) is 3.48. The van der Waals surface area contributed by atoms with Gasteiger partial charge in [0.25, 0.3) is 0 Å². The largest absolute Gasteiger partial charge is 0.394 e. The summed E-state index contributed by atoms with van der Waals surface area (Å²) >= 11 is 0. The number of fused-ring (bicyclic) bond motifs is 2. The Morgan fingerprint density at radius 1 is 0.846 bits per heavy atom. The second kappa shape index (κ2) is 9.37. The molecule has 4 saturated carbocycles. The van der Waals surface area contributed by atoms with Crippen molar-refractivity contribution in [3.63, 3.8) is 0 Å². The third-order valence-electron chi connectivity index (χ3n) is 12.2. The first-order valence-electron chi connectivity index (χ1n) is 14.1. The van der Waals surface area contributed by atoms with Crippen molar-refractivity contribution in [3.05, 3.63) is 0 Å². The minimum Gasteiger partial charge on any atom is -0.394 e. The molecular formula is C27H42O12. The van der Waals surface area contributed by atoms with Crippen LogP contribution in [0.1, 0.15) is 46.5 Å². The Balaban J connectivity index is 1.28. The van der Waals surface area contributed by atoms with Crippen LogP contribution in [0.5, 0.6) is 0 Å². The molecule has 2 saturated heterocycles. The van der Waals surface area contributed by atoms with E-state index >= 15 is 0 Å². The van der Waals surface area contributed by atoms with Crippen molar-refractivity contribution in [1.29, 1.82) is 0 Å². The zero-order valence-corrected chi connectivity index (χ0v) is 22.5. The summed E-state index contributed by atoms with van der Waals surface area (Å²) in [7, 11) is 0. The number of carbonyl (C=O) groups is 1. The smallest absolute Gasteiger partial charge is 0.187 e. The van der Waals surface area contributed by atoms with Crippen molar-refractivity contribution in [1.82, 2.24) is 0 Å². The summed E-state index contributed by atoms with van der Waals surface area (Å²) < 4.78 is 23.4. The Kier molecular flexibility index (Phi) is 6.81. The van der Waals surface area contributed by atoms with Gasteiger partial charge in [-0.3, -0.25) is 4.79 Å². The minimum absolute atomic E-state index is 0.0306. The maximum Gasteiger partial charge on any atom is 0.187 e. The Morgan fingerprint density at radius 3 is 2.10 bits per heavy atom. The molecule has 2 aliphatic heterocycles. The van der Waals surface area contributed by atoms with Gasteiger partial charge in [-0.05, 0) is 53.8 Å². The molecule has 6 fully saturated rings. The van der Waals surface area contributed by atoms with Crippen molar-refractivity contribution in [2.24, 2.45) is 34.0 Å². The fourth-order valence-corrected chi connectivity index (χ4v) is 9.69. The molecule has 222 valence electrons. The van der Waals surface area contributed by atoms with E-state index in [1.54, 1.807) is 0 Å². The summed E-state index contributed by atoms with van der Waals surface area (Å²) in [5, 5.41) is 71.7. The van der Waals surface area contributed by atoms with E-state index in [0.717, 1.165) is 25.7 Å². The van der Waals surface area contributed by atoms with Crippen LogP contribution in [0.2, 0.25) is 0 Å². The van der Waals surface area contributed by atoms with E-state index in [2.05, 4.69) is 13.8 Å². The van der Waals surface area contributed by atoms with E-state index in [-0.39, 0.29) is 33.9 Å². The molecular weight excluding hydrogens is 516 g/mol. The highest BCUT2D eigenvalue weighted by atomic mass is 16.8. The van der Waals surface area contributed by atoms with Gasteiger partial charge in [-0.2, -0.15) is 0 Å². The van der Waals surface area contributed by atoms with Crippen LogP contribution in [0.4, 0.5) is 0 Å². The second-order valence-electron chi connectivity index (χ2n) is 13.2. The van der Waals surface area contributed by atoms with Gasteiger partial charge in [0.1, 0.15) is 54.9 Å². The molecule has 0 aromatic heterocycles. The van der Waals surface area contributed by atoms with E-state index < -0.39 is 80.7 Å². The number of aliphatic hydroxyl groups is 7. The van der Waals surface area contributed by atoms with Crippen molar-refractivity contribution in [2.75, 3.05) is 13.2 Å². The standard InChI is InChI=1S/C27H42O12/c1-10-21(15(30)12-7-25(2)11-4-5-27(10,6-11)26(12,25)3)38-24-22(19(34)17(32)14(9-29)37-24)39-23-20(35)18(33)16(31)13(8-28)36-23/h10-14,16-24,28-29,31-35H,4-9H2,1-3H3/t10-,11-,12-,13-,14-,16-,17-,18+,19+,20-,21-,22-,23+,24+,25+,26+,27+/m1/s1. The Hall–Kier alpha value is -0.770. The molecule has 0 aromatic carbocycles. The van der Waals surface area contributed by atoms with Crippen LogP contribution in [0.3, 0.4) is 0 Å². The van der Waals surface area contributed by atoms with Gasteiger partial charge in [0.05, 0.1) is 13.2 Å². The van der Waals surface area contributed by atoms with Gasteiger partial charge in [0, 0.05) is 5.92 Å². The number of rotatable bonds is 6.